The number of nitrogens with zero attached hydrogens (tertiary/aromatic N) is 1. The third-order valence-corrected chi connectivity index (χ3v) is 2.07. The van der Waals surface area contributed by atoms with Gasteiger partial charge in [-0.1, -0.05) is 3.89 Å². The smallest absolute Gasteiger partial charge is 0.340 e. The molecule has 0 spiro atoms. The molecule has 0 fully saturated rings. The van der Waals surface area contributed by atoms with Crippen molar-refractivity contribution in [3.8, 4) is 0 Å². The van der Waals surface area contributed by atoms with Crippen LogP contribution in [-0.2, 0) is 17.3 Å². The molecule has 0 saturated heterocycles. The molecule has 1 aromatic rings. The molecule has 10 heavy (non-hydrogen) atoms. The molecule has 0 atom stereocenters. The van der Waals surface area contributed by atoms with Gasteiger partial charge in [-0.3, -0.25) is 0 Å². The molecule has 1 rings (SSSR count). The first kappa shape index (κ1) is 7.27. The third kappa shape index (κ3) is 1.18. The summed E-state index contributed by atoms with van der Waals surface area (Å²) in [7, 11) is -3.06. The molecule has 56 valence electrons. The second-order valence-electron chi connectivity index (χ2n) is 1.90. The Balaban J connectivity index is 3.32. The number of hydrogen-bond acceptors (Lipinski definition) is 2. The minimum absolute atomic E-state index is 0.312. The fraction of sp³-hybridized carbons (Fsp3) is 0.200. The highest BCUT2D eigenvalue weighted by Crippen LogP contribution is 2.10. The normalized spacial score (nSPS) is 11.8. The molecular formula is C5H6FNO2S. The van der Waals surface area contributed by atoms with Crippen LogP contribution in [0.25, 0.3) is 0 Å². The summed E-state index contributed by atoms with van der Waals surface area (Å²) in [6.45, 7) is 0. The van der Waals surface area contributed by atoms with E-state index in [4.69, 9.17) is 0 Å². The lowest BCUT2D eigenvalue weighted by molar-refractivity contribution is 0.541. The van der Waals surface area contributed by atoms with Crippen molar-refractivity contribution in [2.75, 3.05) is 0 Å². The van der Waals surface area contributed by atoms with Gasteiger partial charge >= 0.3 is 10.2 Å². The van der Waals surface area contributed by atoms with Crippen LogP contribution in [0, 0.1) is 0 Å². The minimum atomic E-state index is -4.53. The molecule has 0 aliphatic heterocycles. The lowest BCUT2D eigenvalue weighted by atomic mass is 10.7. The lowest BCUT2D eigenvalue weighted by Crippen LogP contribution is -1.98. The maximum atomic E-state index is 12.2. The van der Waals surface area contributed by atoms with E-state index in [9.17, 15) is 12.3 Å². The van der Waals surface area contributed by atoms with Gasteiger partial charge in [-0.15, -0.1) is 0 Å². The summed E-state index contributed by atoms with van der Waals surface area (Å²) in [5.74, 6) is 0. The van der Waals surface area contributed by atoms with Gasteiger partial charge in [0.1, 0.15) is 0 Å². The van der Waals surface area contributed by atoms with Gasteiger partial charge < -0.3 is 4.57 Å². The SMILES string of the molecule is Cn1cccc1S(=O)(=O)F. The quantitative estimate of drug-likeness (QED) is 0.571. The predicted octanol–water partition coefficient (Wildman–Crippen LogP) is 0.683. The molecule has 0 N–H and O–H groups in total. The maximum absolute atomic E-state index is 12.2. The van der Waals surface area contributed by atoms with Crippen LogP contribution in [0.5, 0.6) is 0 Å². The number of aromatic nitrogens is 1. The average molecular weight is 163 g/mol. The standard InChI is InChI=1S/C5H6FNO2S/c1-7-4-2-3-5(7)10(6,8)9/h2-4H,1H3. The lowest BCUT2D eigenvalue weighted by Gasteiger charge is -1.94. The molecule has 0 unspecified atom stereocenters. The Hall–Kier alpha value is -0.840. The van der Waals surface area contributed by atoms with Crippen molar-refractivity contribution in [3.63, 3.8) is 0 Å². The molecule has 0 aliphatic carbocycles. The Morgan fingerprint density at radius 1 is 1.60 bits per heavy atom. The molecule has 1 heterocycles. The highest BCUT2D eigenvalue weighted by atomic mass is 32.3. The predicted molar refractivity (Wildman–Crippen MR) is 33.7 cm³/mol. The molecule has 0 bridgehead atoms. The first-order valence-corrected chi connectivity index (χ1v) is 3.96. The average Bonchev–Trinajstić information content (AvgIpc) is 2.11. The Kier molecular flexibility index (Phi) is 1.52. The van der Waals surface area contributed by atoms with Crippen molar-refractivity contribution in [2.24, 2.45) is 7.05 Å². The second-order valence-corrected chi connectivity index (χ2v) is 3.19. The first-order valence-electron chi connectivity index (χ1n) is 2.58. The van der Waals surface area contributed by atoms with E-state index >= 15 is 0 Å². The zero-order valence-electron chi connectivity index (χ0n) is 5.28. The first-order chi connectivity index (χ1) is 4.52. The van der Waals surface area contributed by atoms with E-state index in [-0.39, 0.29) is 5.03 Å². The van der Waals surface area contributed by atoms with Crippen LogP contribution >= 0.6 is 0 Å². The van der Waals surface area contributed by atoms with Crippen LogP contribution in [0.3, 0.4) is 0 Å². The number of rotatable bonds is 1. The van der Waals surface area contributed by atoms with E-state index in [0.29, 0.717) is 0 Å². The van der Waals surface area contributed by atoms with E-state index in [2.05, 4.69) is 0 Å². The summed E-state index contributed by atoms with van der Waals surface area (Å²) in [6, 6.07) is 2.67. The maximum Gasteiger partial charge on any atom is 0.347 e. The molecule has 1 aromatic heterocycles. The highest BCUT2D eigenvalue weighted by molar-refractivity contribution is 7.86. The topological polar surface area (TPSA) is 39.1 Å². The van der Waals surface area contributed by atoms with Gasteiger partial charge in [0.2, 0.25) is 0 Å². The van der Waals surface area contributed by atoms with Crippen molar-refractivity contribution in [1.82, 2.24) is 4.57 Å². The summed E-state index contributed by atoms with van der Waals surface area (Å²) in [6.07, 6.45) is 1.46. The summed E-state index contributed by atoms with van der Waals surface area (Å²) >= 11 is 0. The van der Waals surface area contributed by atoms with Crippen molar-refractivity contribution < 1.29 is 12.3 Å². The number of aryl methyl sites for hydroxylation is 1. The van der Waals surface area contributed by atoms with Gasteiger partial charge in [0, 0.05) is 13.2 Å². The Morgan fingerprint density at radius 2 is 2.20 bits per heavy atom. The molecule has 5 heteroatoms. The molecule has 0 saturated carbocycles. The van der Waals surface area contributed by atoms with E-state index in [1.807, 2.05) is 0 Å². The van der Waals surface area contributed by atoms with Crippen LogP contribution in [0.4, 0.5) is 3.89 Å². The molecule has 3 nitrogen and oxygen atoms in total. The van der Waals surface area contributed by atoms with Gasteiger partial charge in [0.25, 0.3) is 0 Å². The van der Waals surface area contributed by atoms with Crippen LogP contribution in [-0.4, -0.2) is 13.0 Å². The number of hydrogen-bond donors (Lipinski definition) is 0. The van der Waals surface area contributed by atoms with Crippen LogP contribution in [0.15, 0.2) is 23.4 Å². The summed E-state index contributed by atoms with van der Waals surface area (Å²) in [5, 5.41) is -0.312. The largest absolute Gasteiger partial charge is 0.347 e. The van der Waals surface area contributed by atoms with E-state index in [1.165, 1.54) is 29.9 Å². The van der Waals surface area contributed by atoms with Crippen molar-refractivity contribution in [3.05, 3.63) is 18.3 Å². The second kappa shape index (κ2) is 2.09. The van der Waals surface area contributed by atoms with Crippen LogP contribution < -0.4 is 0 Å². The van der Waals surface area contributed by atoms with Crippen molar-refractivity contribution in [2.45, 2.75) is 5.03 Å². The van der Waals surface area contributed by atoms with E-state index in [1.54, 1.807) is 0 Å². The summed E-state index contributed by atoms with van der Waals surface area (Å²) < 4.78 is 33.8. The van der Waals surface area contributed by atoms with Crippen molar-refractivity contribution in [1.29, 1.82) is 0 Å². The zero-order chi connectivity index (χ0) is 7.78. The molecular weight excluding hydrogens is 157 g/mol. The zero-order valence-corrected chi connectivity index (χ0v) is 6.10. The molecule has 0 aliphatic rings. The van der Waals surface area contributed by atoms with Gasteiger partial charge in [0.15, 0.2) is 5.03 Å². The van der Waals surface area contributed by atoms with Gasteiger partial charge in [-0.2, -0.15) is 8.42 Å². The fourth-order valence-electron chi connectivity index (χ4n) is 0.699. The third-order valence-electron chi connectivity index (χ3n) is 1.15. The van der Waals surface area contributed by atoms with E-state index in [0.717, 1.165) is 0 Å². The monoisotopic (exact) mass is 163 g/mol. The molecule has 0 amide bonds. The fourth-order valence-corrected chi connectivity index (χ4v) is 1.34. The molecule has 0 radical (unpaired) electrons. The van der Waals surface area contributed by atoms with Crippen LogP contribution in [0.2, 0.25) is 0 Å². The Morgan fingerprint density at radius 3 is 2.40 bits per heavy atom. The summed E-state index contributed by atoms with van der Waals surface area (Å²) in [5.41, 5.74) is 0. The Bertz CT molecular complexity index is 327. The van der Waals surface area contributed by atoms with Gasteiger partial charge in [-0.05, 0) is 12.1 Å². The van der Waals surface area contributed by atoms with Gasteiger partial charge in [-0.25, -0.2) is 0 Å². The molecule has 0 aromatic carbocycles. The highest BCUT2D eigenvalue weighted by Gasteiger charge is 2.13. The Labute approximate surface area is 58.3 Å². The summed E-state index contributed by atoms with van der Waals surface area (Å²) in [4.78, 5) is 0. The number of halogens is 1. The van der Waals surface area contributed by atoms with E-state index < -0.39 is 10.2 Å². The van der Waals surface area contributed by atoms with Gasteiger partial charge in [0.05, 0.1) is 0 Å². The van der Waals surface area contributed by atoms with Crippen molar-refractivity contribution >= 4 is 10.2 Å². The minimum Gasteiger partial charge on any atom is -0.340 e. The van der Waals surface area contributed by atoms with Crippen LogP contribution in [0.1, 0.15) is 0 Å².